The number of hydrogen-bond donors (Lipinski definition) is 1. The number of nitrogens with zero attached hydrogens (tertiary/aromatic N) is 2. The van der Waals surface area contributed by atoms with E-state index >= 15 is 0 Å². The Morgan fingerprint density at radius 3 is 2.33 bits per heavy atom. The molecular formula is C19H25N3O2. The summed E-state index contributed by atoms with van der Waals surface area (Å²) in [5.74, 6) is -0.140. The number of hydrogen-bond acceptors (Lipinski definition) is 3. The molecule has 0 unspecified atom stereocenters. The highest BCUT2D eigenvalue weighted by Gasteiger charge is 2.22. The summed E-state index contributed by atoms with van der Waals surface area (Å²) in [4.78, 5) is 28.6. The lowest BCUT2D eigenvalue weighted by Crippen LogP contribution is -2.31. The first-order chi connectivity index (χ1) is 11.7. The van der Waals surface area contributed by atoms with E-state index in [0.717, 1.165) is 63.2 Å². The monoisotopic (exact) mass is 327 g/mol. The van der Waals surface area contributed by atoms with Gasteiger partial charge in [0, 0.05) is 31.7 Å². The molecule has 1 N–H and O–H groups in total. The zero-order valence-corrected chi connectivity index (χ0v) is 14.1. The van der Waals surface area contributed by atoms with Crippen LogP contribution in [0.1, 0.15) is 42.5 Å². The van der Waals surface area contributed by atoms with Crippen molar-refractivity contribution in [1.29, 1.82) is 0 Å². The van der Waals surface area contributed by atoms with Crippen molar-refractivity contribution in [2.24, 2.45) is 0 Å². The number of rotatable bonds is 4. The van der Waals surface area contributed by atoms with E-state index in [9.17, 15) is 9.59 Å². The van der Waals surface area contributed by atoms with Crippen molar-refractivity contribution >= 4 is 23.2 Å². The van der Waals surface area contributed by atoms with Gasteiger partial charge in [-0.25, -0.2) is 0 Å². The SMILES string of the molecule is C=CC(=O)Nc1ccc(C(=O)N2CCCC2)cc1N1CCCCC1. The van der Waals surface area contributed by atoms with Gasteiger partial charge in [0.1, 0.15) is 0 Å². The van der Waals surface area contributed by atoms with Crippen molar-refractivity contribution in [3.8, 4) is 0 Å². The molecular weight excluding hydrogens is 302 g/mol. The van der Waals surface area contributed by atoms with Crippen LogP contribution in [0.2, 0.25) is 0 Å². The van der Waals surface area contributed by atoms with E-state index < -0.39 is 0 Å². The van der Waals surface area contributed by atoms with Gasteiger partial charge in [0.2, 0.25) is 5.91 Å². The fourth-order valence-electron chi connectivity index (χ4n) is 3.45. The number of likely N-dealkylation sites (tertiary alicyclic amines) is 1. The molecule has 2 aliphatic heterocycles. The van der Waals surface area contributed by atoms with Crippen molar-refractivity contribution in [3.05, 3.63) is 36.4 Å². The summed E-state index contributed by atoms with van der Waals surface area (Å²) in [5, 5.41) is 2.87. The smallest absolute Gasteiger partial charge is 0.253 e. The lowest BCUT2D eigenvalue weighted by Gasteiger charge is -2.31. The Bertz CT molecular complexity index is 629. The lowest BCUT2D eigenvalue weighted by atomic mass is 10.1. The van der Waals surface area contributed by atoms with Gasteiger partial charge < -0.3 is 15.1 Å². The summed E-state index contributed by atoms with van der Waals surface area (Å²) in [6.07, 6.45) is 6.94. The molecule has 2 fully saturated rings. The molecule has 128 valence electrons. The summed E-state index contributed by atoms with van der Waals surface area (Å²) >= 11 is 0. The summed E-state index contributed by atoms with van der Waals surface area (Å²) in [6.45, 7) is 7.10. The average molecular weight is 327 g/mol. The molecule has 3 rings (SSSR count). The Morgan fingerprint density at radius 2 is 1.67 bits per heavy atom. The minimum absolute atomic E-state index is 0.0901. The van der Waals surface area contributed by atoms with Gasteiger partial charge in [-0.3, -0.25) is 9.59 Å². The van der Waals surface area contributed by atoms with Gasteiger partial charge in [0.25, 0.3) is 5.91 Å². The predicted octanol–water partition coefficient (Wildman–Crippen LogP) is 3.04. The molecule has 0 aromatic heterocycles. The molecule has 0 radical (unpaired) electrons. The first-order valence-corrected chi connectivity index (χ1v) is 8.81. The molecule has 0 spiro atoms. The summed E-state index contributed by atoms with van der Waals surface area (Å²) in [5.41, 5.74) is 2.39. The highest BCUT2D eigenvalue weighted by Crippen LogP contribution is 2.30. The van der Waals surface area contributed by atoms with Gasteiger partial charge in [-0.1, -0.05) is 6.58 Å². The Balaban J connectivity index is 1.90. The van der Waals surface area contributed by atoms with Gasteiger partial charge >= 0.3 is 0 Å². The average Bonchev–Trinajstić information content (AvgIpc) is 3.16. The van der Waals surface area contributed by atoms with Crippen molar-refractivity contribution in [2.75, 3.05) is 36.4 Å². The Hall–Kier alpha value is -2.30. The third-order valence-electron chi connectivity index (χ3n) is 4.78. The summed E-state index contributed by atoms with van der Waals surface area (Å²) in [6, 6.07) is 5.59. The molecule has 0 bridgehead atoms. The maximum Gasteiger partial charge on any atom is 0.253 e. The minimum atomic E-state index is -0.230. The van der Waals surface area contributed by atoms with Crippen molar-refractivity contribution in [3.63, 3.8) is 0 Å². The molecule has 5 heteroatoms. The Labute approximate surface area is 143 Å². The third kappa shape index (κ3) is 3.61. The second-order valence-corrected chi connectivity index (χ2v) is 6.47. The Morgan fingerprint density at radius 1 is 1.00 bits per heavy atom. The van der Waals surface area contributed by atoms with Crippen LogP contribution in [-0.4, -0.2) is 42.9 Å². The van der Waals surface area contributed by atoms with Crippen LogP contribution >= 0.6 is 0 Å². The van der Waals surface area contributed by atoms with Crippen LogP contribution in [-0.2, 0) is 4.79 Å². The molecule has 5 nitrogen and oxygen atoms in total. The number of nitrogens with one attached hydrogen (secondary N) is 1. The predicted molar refractivity (Wildman–Crippen MR) is 96.5 cm³/mol. The van der Waals surface area contributed by atoms with Crippen LogP contribution in [0.25, 0.3) is 0 Å². The van der Waals surface area contributed by atoms with Gasteiger partial charge in [-0.15, -0.1) is 0 Å². The highest BCUT2D eigenvalue weighted by molar-refractivity contribution is 6.03. The van der Waals surface area contributed by atoms with Gasteiger partial charge in [-0.2, -0.15) is 0 Å². The minimum Gasteiger partial charge on any atom is -0.370 e. The van der Waals surface area contributed by atoms with Crippen LogP contribution in [0.4, 0.5) is 11.4 Å². The number of carbonyl (C=O) groups excluding carboxylic acids is 2. The standard InChI is InChI=1S/C19H25N3O2/c1-2-18(23)20-16-9-8-15(19(24)22-12-6-7-13-22)14-17(16)21-10-4-3-5-11-21/h2,8-9,14H,1,3-7,10-13H2,(H,20,23). The molecule has 2 amide bonds. The molecule has 24 heavy (non-hydrogen) atoms. The van der Waals surface area contributed by atoms with Crippen molar-refractivity contribution in [1.82, 2.24) is 4.90 Å². The molecule has 2 saturated heterocycles. The molecule has 2 heterocycles. The lowest BCUT2D eigenvalue weighted by molar-refractivity contribution is -0.111. The highest BCUT2D eigenvalue weighted by atomic mass is 16.2. The number of benzene rings is 1. The quantitative estimate of drug-likeness (QED) is 0.865. The molecule has 0 atom stereocenters. The number of piperidine rings is 1. The van der Waals surface area contributed by atoms with Crippen molar-refractivity contribution < 1.29 is 9.59 Å². The largest absolute Gasteiger partial charge is 0.370 e. The third-order valence-corrected chi connectivity index (χ3v) is 4.78. The molecule has 0 aliphatic carbocycles. The first kappa shape index (κ1) is 16.6. The second-order valence-electron chi connectivity index (χ2n) is 6.47. The first-order valence-electron chi connectivity index (χ1n) is 8.81. The van der Waals surface area contributed by atoms with Crippen LogP contribution in [0.3, 0.4) is 0 Å². The molecule has 2 aliphatic rings. The van der Waals surface area contributed by atoms with E-state index in [1.54, 1.807) is 0 Å². The van der Waals surface area contributed by atoms with Crippen LogP contribution in [0.15, 0.2) is 30.9 Å². The number of carbonyl (C=O) groups is 2. The number of amides is 2. The van der Waals surface area contributed by atoms with Crippen LogP contribution in [0, 0.1) is 0 Å². The van der Waals surface area contributed by atoms with Gasteiger partial charge in [0.05, 0.1) is 11.4 Å². The fourth-order valence-corrected chi connectivity index (χ4v) is 3.45. The summed E-state index contributed by atoms with van der Waals surface area (Å²) < 4.78 is 0. The Kier molecular flexibility index (Phi) is 5.18. The van der Waals surface area contributed by atoms with E-state index in [1.807, 2.05) is 23.1 Å². The van der Waals surface area contributed by atoms with E-state index in [0.29, 0.717) is 5.56 Å². The van der Waals surface area contributed by atoms with E-state index in [4.69, 9.17) is 0 Å². The molecule has 1 aromatic rings. The van der Waals surface area contributed by atoms with E-state index in [-0.39, 0.29) is 11.8 Å². The maximum atomic E-state index is 12.7. The van der Waals surface area contributed by atoms with Crippen LogP contribution < -0.4 is 10.2 Å². The van der Waals surface area contributed by atoms with Crippen LogP contribution in [0.5, 0.6) is 0 Å². The molecule has 1 aromatic carbocycles. The number of anilines is 2. The topological polar surface area (TPSA) is 52.7 Å². The van der Waals surface area contributed by atoms with E-state index in [1.165, 1.54) is 12.5 Å². The van der Waals surface area contributed by atoms with Gasteiger partial charge in [0.15, 0.2) is 0 Å². The zero-order valence-electron chi connectivity index (χ0n) is 14.1. The van der Waals surface area contributed by atoms with E-state index in [2.05, 4.69) is 16.8 Å². The fraction of sp³-hybridized carbons (Fsp3) is 0.474. The zero-order chi connectivity index (χ0) is 16.9. The van der Waals surface area contributed by atoms with Crippen molar-refractivity contribution in [2.45, 2.75) is 32.1 Å². The van der Waals surface area contributed by atoms with Gasteiger partial charge in [-0.05, 0) is 56.4 Å². The summed E-state index contributed by atoms with van der Waals surface area (Å²) in [7, 11) is 0. The maximum absolute atomic E-state index is 12.7. The normalized spacial score (nSPS) is 17.7. The second kappa shape index (κ2) is 7.51. The molecule has 0 saturated carbocycles.